The highest BCUT2D eigenvalue weighted by Gasteiger charge is 2.49. The van der Waals surface area contributed by atoms with E-state index >= 15 is 0 Å². The number of nitrogens with zero attached hydrogens (tertiary/aromatic N) is 1. The summed E-state index contributed by atoms with van der Waals surface area (Å²) in [5.74, 6) is -4.33. The van der Waals surface area contributed by atoms with E-state index in [0.717, 1.165) is 11.8 Å². The van der Waals surface area contributed by atoms with Crippen molar-refractivity contribution in [1.82, 2.24) is 0 Å². The van der Waals surface area contributed by atoms with Crippen LogP contribution in [0.4, 0.5) is 5.69 Å². The first kappa shape index (κ1) is 12.9. The van der Waals surface area contributed by atoms with E-state index in [1.807, 2.05) is 0 Å². The average molecular weight is 261 g/mol. The first-order valence-corrected chi connectivity index (χ1v) is 5.54. The maximum Gasteiger partial charge on any atom is 0.302 e. The lowest BCUT2D eigenvalue weighted by Crippen LogP contribution is -2.31. The summed E-state index contributed by atoms with van der Waals surface area (Å²) in [6.07, 6.45) is 0. The molecule has 6 heteroatoms. The van der Waals surface area contributed by atoms with Crippen LogP contribution in [0.3, 0.4) is 0 Å². The Morgan fingerprint density at radius 2 is 1.74 bits per heavy atom. The number of hydrogen-bond acceptors (Lipinski definition) is 5. The Kier molecular flexibility index (Phi) is 3.16. The van der Waals surface area contributed by atoms with E-state index in [0.29, 0.717) is 5.75 Å². The molecule has 0 bridgehead atoms. The van der Waals surface area contributed by atoms with Crippen LogP contribution in [0.25, 0.3) is 0 Å². The normalized spacial score (nSPS) is 18.9. The first-order valence-electron chi connectivity index (χ1n) is 5.54. The smallest absolute Gasteiger partial charge is 0.302 e. The molecular weight excluding hydrogens is 250 g/mol. The SMILES string of the molecule is COc1ccc(N2C(=O)C(=O)C(C(C)=O)C2=O)cc1. The molecule has 0 N–H and O–H groups in total. The number of benzene rings is 1. The Morgan fingerprint density at radius 3 is 2.16 bits per heavy atom. The van der Waals surface area contributed by atoms with Crippen molar-refractivity contribution in [2.24, 2.45) is 5.92 Å². The number of ketones is 2. The van der Waals surface area contributed by atoms with Crippen LogP contribution in [0.5, 0.6) is 5.75 Å². The van der Waals surface area contributed by atoms with Gasteiger partial charge >= 0.3 is 5.91 Å². The van der Waals surface area contributed by atoms with Crippen molar-refractivity contribution < 1.29 is 23.9 Å². The van der Waals surface area contributed by atoms with E-state index in [-0.39, 0.29) is 5.69 Å². The Bertz CT molecular complexity index is 575. The third kappa shape index (κ3) is 2.01. The monoisotopic (exact) mass is 261 g/mol. The quantitative estimate of drug-likeness (QED) is 0.445. The van der Waals surface area contributed by atoms with Crippen LogP contribution >= 0.6 is 0 Å². The minimum absolute atomic E-state index is 0.243. The zero-order chi connectivity index (χ0) is 14.2. The van der Waals surface area contributed by atoms with Gasteiger partial charge in [0.2, 0.25) is 5.78 Å². The Balaban J connectivity index is 2.39. The van der Waals surface area contributed by atoms with Gasteiger partial charge in [0.15, 0.2) is 5.92 Å². The number of Topliss-reactive ketones (excluding diaryl/α,β-unsaturated/α-hetero) is 2. The van der Waals surface area contributed by atoms with Crippen LogP contribution < -0.4 is 9.64 Å². The van der Waals surface area contributed by atoms with Crippen molar-refractivity contribution in [2.45, 2.75) is 6.92 Å². The fourth-order valence-electron chi connectivity index (χ4n) is 1.91. The predicted molar refractivity (Wildman–Crippen MR) is 64.7 cm³/mol. The molecule has 6 nitrogen and oxygen atoms in total. The molecule has 0 spiro atoms. The van der Waals surface area contributed by atoms with Gasteiger partial charge in [-0.25, -0.2) is 4.90 Å². The number of anilines is 1. The molecule has 1 saturated heterocycles. The standard InChI is InChI=1S/C13H11NO5/c1-7(15)10-11(16)13(18)14(12(10)17)8-3-5-9(19-2)6-4-8/h3-6,10H,1-2H3. The van der Waals surface area contributed by atoms with Gasteiger partial charge in [-0.3, -0.25) is 19.2 Å². The number of carbonyl (C=O) groups is 4. The Labute approximate surface area is 108 Å². The number of ether oxygens (including phenoxy) is 1. The van der Waals surface area contributed by atoms with Crippen molar-refractivity contribution in [2.75, 3.05) is 12.0 Å². The van der Waals surface area contributed by atoms with Gasteiger partial charge in [-0.05, 0) is 31.2 Å². The van der Waals surface area contributed by atoms with Gasteiger partial charge in [-0.2, -0.15) is 0 Å². The van der Waals surface area contributed by atoms with Gasteiger partial charge in [0, 0.05) is 0 Å². The first-order chi connectivity index (χ1) is 8.97. The molecule has 1 aromatic rings. The molecule has 1 heterocycles. The minimum Gasteiger partial charge on any atom is -0.497 e. The summed E-state index contributed by atoms with van der Waals surface area (Å²) in [6.45, 7) is 1.12. The minimum atomic E-state index is -1.50. The zero-order valence-corrected chi connectivity index (χ0v) is 10.4. The molecular formula is C13H11NO5. The Hall–Kier alpha value is -2.50. The molecule has 2 rings (SSSR count). The molecule has 0 aliphatic carbocycles. The molecule has 0 saturated carbocycles. The van der Waals surface area contributed by atoms with Crippen LogP contribution in [0.1, 0.15) is 6.92 Å². The molecule has 0 radical (unpaired) electrons. The van der Waals surface area contributed by atoms with Crippen molar-refractivity contribution in [3.8, 4) is 5.75 Å². The molecule has 1 fully saturated rings. The van der Waals surface area contributed by atoms with Crippen LogP contribution in [-0.4, -0.2) is 30.5 Å². The Morgan fingerprint density at radius 1 is 1.16 bits per heavy atom. The third-order valence-corrected chi connectivity index (χ3v) is 2.88. The third-order valence-electron chi connectivity index (χ3n) is 2.88. The van der Waals surface area contributed by atoms with E-state index in [1.54, 1.807) is 12.1 Å². The maximum absolute atomic E-state index is 12.0. The highest BCUT2D eigenvalue weighted by molar-refractivity contribution is 6.59. The second-order valence-electron chi connectivity index (χ2n) is 4.08. The van der Waals surface area contributed by atoms with E-state index in [2.05, 4.69) is 0 Å². The van der Waals surface area contributed by atoms with Crippen LogP contribution in [-0.2, 0) is 19.2 Å². The van der Waals surface area contributed by atoms with E-state index < -0.39 is 29.3 Å². The van der Waals surface area contributed by atoms with Gasteiger partial charge < -0.3 is 4.74 Å². The second kappa shape index (κ2) is 4.64. The van der Waals surface area contributed by atoms with Crippen molar-refractivity contribution in [3.05, 3.63) is 24.3 Å². The summed E-state index contributed by atoms with van der Waals surface area (Å²) in [7, 11) is 1.48. The van der Waals surface area contributed by atoms with Crippen molar-refractivity contribution in [1.29, 1.82) is 0 Å². The van der Waals surface area contributed by atoms with Gasteiger partial charge in [0.1, 0.15) is 11.5 Å². The molecule has 1 aromatic carbocycles. The molecule has 1 aliphatic rings. The highest BCUT2D eigenvalue weighted by Crippen LogP contribution is 2.26. The fraction of sp³-hybridized carbons (Fsp3) is 0.231. The molecule has 1 unspecified atom stereocenters. The average Bonchev–Trinajstić information content (AvgIpc) is 2.60. The molecule has 1 atom stereocenters. The number of methoxy groups -OCH3 is 1. The highest BCUT2D eigenvalue weighted by atomic mass is 16.5. The van der Waals surface area contributed by atoms with Crippen LogP contribution in [0.2, 0.25) is 0 Å². The summed E-state index contributed by atoms with van der Waals surface area (Å²) in [5, 5.41) is 0. The lowest BCUT2D eigenvalue weighted by molar-refractivity contribution is -0.139. The zero-order valence-electron chi connectivity index (χ0n) is 10.4. The van der Waals surface area contributed by atoms with E-state index in [9.17, 15) is 19.2 Å². The van der Waals surface area contributed by atoms with Crippen LogP contribution in [0.15, 0.2) is 24.3 Å². The maximum atomic E-state index is 12.0. The van der Waals surface area contributed by atoms with Crippen molar-refractivity contribution >= 4 is 29.1 Å². The number of imide groups is 1. The number of amides is 2. The summed E-state index contributed by atoms with van der Waals surface area (Å²) >= 11 is 0. The molecule has 1 aliphatic heterocycles. The van der Waals surface area contributed by atoms with Crippen molar-refractivity contribution in [3.63, 3.8) is 0 Å². The summed E-state index contributed by atoms with van der Waals surface area (Å²) in [6, 6.07) is 6.07. The van der Waals surface area contributed by atoms with E-state index in [4.69, 9.17) is 4.74 Å². The van der Waals surface area contributed by atoms with Gasteiger partial charge in [-0.15, -0.1) is 0 Å². The molecule has 98 valence electrons. The fourth-order valence-corrected chi connectivity index (χ4v) is 1.91. The van der Waals surface area contributed by atoms with Gasteiger partial charge in [0.05, 0.1) is 12.8 Å². The molecule has 19 heavy (non-hydrogen) atoms. The second-order valence-corrected chi connectivity index (χ2v) is 4.08. The number of carbonyl (C=O) groups excluding carboxylic acids is 4. The molecule has 0 aromatic heterocycles. The topological polar surface area (TPSA) is 80.8 Å². The summed E-state index contributed by atoms with van der Waals surface area (Å²) in [5.41, 5.74) is 0.243. The number of rotatable bonds is 3. The lowest BCUT2D eigenvalue weighted by Gasteiger charge is -2.13. The van der Waals surface area contributed by atoms with Crippen LogP contribution in [0, 0.1) is 5.92 Å². The summed E-state index contributed by atoms with van der Waals surface area (Å²) < 4.78 is 4.96. The van der Waals surface area contributed by atoms with E-state index in [1.165, 1.54) is 19.2 Å². The predicted octanol–water partition coefficient (Wildman–Crippen LogP) is 0.343. The van der Waals surface area contributed by atoms with Gasteiger partial charge in [-0.1, -0.05) is 0 Å². The lowest BCUT2D eigenvalue weighted by atomic mass is 10.0. The number of hydrogen-bond donors (Lipinski definition) is 0. The van der Waals surface area contributed by atoms with Gasteiger partial charge in [0.25, 0.3) is 5.91 Å². The molecule has 2 amide bonds. The largest absolute Gasteiger partial charge is 0.497 e. The summed E-state index contributed by atoms with van der Waals surface area (Å²) in [4.78, 5) is 47.3.